The molecule has 0 radical (unpaired) electrons. The number of hydrogen-bond donors (Lipinski definition) is 1. The molecule has 0 aliphatic carbocycles. The van der Waals surface area contributed by atoms with Gasteiger partial charge in [0.1, 0.15) is 6.10 Å². The van der Waals surface area contributed by atoms with Gasteiger partial charge in [0, 0.05) is 7.05 Å². The minimum atomic E-state index is -0.918. The van der Waals surface area contributed by atoms with Gasteiger partial charge in [-0.25, -0.2) is 0 Å². The van der Waals surface area contributed by atoms with Crippen LogP contribution in [0, 0.1) is 0 Å². The molecule has 2 heterocycles. The number of carbonyl (C=O) groups is 1. The Morgan fingerprint density at radius 3 is 2.54 bits per heavy atom. The maximum absolute atomic E-state index is 12.6. The van der Waals surface area contributed by atoms with Crippen LogP contribution in [0.25, 0.3) is 5.69 Å². The van der Waals surface area contributed by atoms with Crippen LogP contribution in [0.4, 0.5) is 0 Å². The average Bonchev–Trinajstić information content (AvgIpc) is 3.00. The second-order valence-corrected chi connectivity index (χ2v) is 5.80. The highest BCUT2D eigenvalue weighted by atomic mass is 16.3. The van der Waals surface area contributed by atoms with Gasteiger partial charge in [-0.1, -0.05) is 42.5 Å². The normalized spacial score (nSPS) is 14.8. The Bertz CT molecular complexity index is 904. The maximum Gasteiger partial charge on any atom is 0.256 e. The molecule has 0 fully saturated rings. The molecule has 0 bridgehead atoms. The fourth-order valence-electron chi connectivity index (χ4n) is 3.00. The molecule has 24 heavy (non-hydrogen) atoms. The number of para-hydroxylation sites is 1. The highest BCUT2D eigenvalue weighted by molar-refractivity contribution is 5.98. The van der Waals surface area contributed by atoms with Gasteiger partial charge in [-0.05, 0) is 17.7 Å². The second kappa shape index (κ2) is 5.58. The third-order valence-corrected chi connectivity index (χ3v) is 4.22. The van der Waals surface area contributed by atoms with E-state index in [4.69, 9.17) is 0 Å². The minimum absolute atomic E-state index is 0.0729. The Balaban J connectivity index is 1.92. The van der Waals surface area contributed by atoms with Crippen molar-refractivity contribution >= 4 is 5.91 Å². The summed E-state index contributed by atoms with van der Waals surface area (Å²) in [5, 5.41) is 19.2. The Hall–Kier alpha value is -2.99. The first-order valence-corrected chi connectivity index (χ1v) is 7.69. The first kappa shape index (κ1) is 14.6. The standard InChI is InChI=1S/C18H16N4O2/c1-21-11-15-19-20-17(16(23)12-7-3-2-4-8-12)22(15)14-10-6-5-9-13(14)18(21)24/h2-10,16,23H,11H2,1H3. The number of carbonyl (C=O) groups excluding carboxylic acids is 1. The highest BCUT2D eigenvalue weighted by Gasteiger charge is 2.29. The number of benzene rings is 2. The van der Waals surface area contributed by atoms with Crippen molar-refractivity contribution in [3.63, 3.8) is 0 Å². The van der Waals surface area contributed by atoms with Crippen LogP contribution in [0.3, 0.4) is 0 Å². The van der Waals surface area contributed by atoms with Gasteiger partial charge in [-0.3, -0.25) is 9.36 Å². The summed E-state index contributed by atoms with van der Waals surface area (Å²) < 4.78 is 1.79. The minimum Gasteiger partial charge on any atom is -0.380 e. The van der Waals surface area contributed by atoms with E-state index in [1.54, 1.807) is 22.6 Å². The van der Waals surface area contributed by atoms with Gasteiger partial charge in [-0.2, -0.15) is 0 Å². The highest BCUT2D eigenvalue weighted by Crippen LogP contribution is 2.28. The van der Waals surface area contributed by atoms with E-state index in [0.717, 1.165) is 5.56 Å². The zero-order valence-corrected chi connectivity index (χ0v) is 13.1. The number of nitrogens with zero attached hydrogens (tertiary/aromatic N) is 4. The van der Waals surface area contributed by atoms with Crippen molar-refractivity contribution in [2.75, 3.05) is 7.05 Å². The molecule has 0 spiro atoms. The molecule has 4 rings (SSSR count). The van der Waals surface area contributed by atoms with Gasteiger partial charge < -0.3 is 10.0 Å². The topological polar surface area (TPSA) is 71.2 Å². The molecule has 3 aromatic rings. The molecule has 1 aromatic heterocycles. The van der Waals surface area contributed by atoms with Crippen molar-refractivity contribution in [1.29, 1.82) is 0 Å². The quantitative estimate of drug-likeness (QED) is 0.783. The van der Waals surface area contributed by atoms with Crippen LogP contribution in [-0.4, -0.2) is 37.7 Å². The van der Waals surface area contributed by atoms with Crippen LogP contribution in [-0.2, 0) is 6.54 Å². The average molecular weight is 320 g/mol. The molecular formula is C18H16N4O2. The number of fused-ring (bicyclic) bond motifs is 3. The molecule has 1 unspecified atom stereocenters. The van der Waals surface area contributed by atoms with Gasteiger partial charge in [0.05, 0.1) is 17.8 Å². The first-order chi connectivity index (χ1) is 11.7. The Morgan fingerprint density at radius 2 is 1.75 bits per heavy atom. The van der Waals surface area contributed by atoms with Crippen LogP contribution in [0.15, 0.2) is 54.6 Å². The van der Waals surface area contributed by atoms with Crippen LogP contribution < -0.4 is 0 Å². The summed E-state index contributed by atoms with van der Waals surface area (Å²) in [6.45, 7) is 0.335. The van der Waals surface area contributed by atoms with Crippen molar-refractivity contribution in [3.8, 4) is 5.69 Å². The number of aliphatic hydroxyl groups is 1. The summed E-state index contributed by atoms with van der Waals surface area (Å²) in [5.41, 5.74) is 1.99. The fourth-order valence-corrected chi connectivity index (χ4v) is 3.00. The SMILES string of the molecule is CN1Cc2nnc(C(O)c3ccccc3)n2-c2ccccc2C1=O. The Kier molecular flexibility index (Phi) is 3.39. The summed E-state index contributed by atoms with van der Waals surface area (Å²) in [7, 11) is 1.73. The predicted octanol–water partition coefficient (Wildman–Crippen LogP) is 1.93. The molecule has 2 aromatic carbocycles. The van der Waals surface area contributed by atoms with Gasteiger partial charge in [0.25, 0.3) is 5.91 Å². The van der Waals surface area contributed by atoms with E-state index in [2.05, 4.69) is 10.2 Å². The lowest BCUT2D eigenvalue weighted by Crippen LogP contribution is -2.25. The van der Waals surface area contributed by atoms with Crippen molar-refractivity contribution in [2.24, 2.45) is 0 Å². The molecule has 1 amide bonds. The number of hydrogen-bond acceptors (Lipinski definition) is 4. The summed E-state index contributed by atoms with van der Waals surface area (Å²) in [4.78, 5) is 14.2. The van der Waals surface area contributed by atoms with Crippen molar-refractivity contribution in [2.45, 2.75) is 12.6 Å². The lowest BCUT2D eigenvalue weighted by molar-refractivity contribution is 0.0786. The van der Waals surface area contributed by atoms with Gasteiger partial charge >= 0.3 is 0 Å². The summed E-state index contributed by atoms with van der Waals surface area (Å²) in [5.74, 6) is 0.962. The van der Waals surface area contributed by atoms with Gasteiger partial charge in [0.2, 0.25) is 0 Å². The second-order valence-electron chi connectivity index (χ2n) is 5.80. The zero-order valence-electron chi connectivity index (χ0n) is 13.1. The third kappa shape index (κ3) is 2.19. The first-order valence-electron chi connectivity index (χ1n) is 7.69. The third-order valence-electron chi connectivity index (χ3n) is 4.22. The number of amides is 1. The van der Waals surface area contributed by atoms with E-state index < -0.39 is 6.10 Å². The van der Waals surface area contributed by atoms with Crippen molar-refractivity contribution < 1.29 is 9.90 Å². The van der Waals surface area contributed by atoms with Crippen LogP contribution in [0.2, 0.25) is 0 Å². The maximum atomic E-state index is 12.6. The van der Waals surface area contributed by atoms with Crippen LogP contribution in [0.5, 0.6) is 0 Å². The smallest absolute Gasteiger partial charge is 0.256 e. The molecule has 6 nitrogen and oxygen atoms in total. The lowest BCUT2D eigenvalue weighted by atomic mass is 10.1. The van der Waals surface area contributed by atoms with E-state index in [1.165, 1.54) is 0 Å². The fraction of sp³-hybridized carbons (Fsp3) is 0.167. The zero-order chi connectivity index (χ0) is 16.7. The number of rotatable bonds is 2. The molecule has 1 aliphatic heterocycles. The molecule has 6 heteroatoms. The molecule has 0 saturated carbocycles. The van der Waals surface area contributed by atoms with E-state index >= 15 is 0 Å². The lowest BCUT2D eigenvalue weighted by Gasteiger charge is -2.14. The van der Waals surface area contributed by atoms with Crippen LogP contribution >= 0.6 is 0 Å². The van der Waals surface area contributed by atoms with Crippen LogP contribution in [0.1, 0.15) is 33.7 Å². The summed E-state index contributed by atoms with van der Waals surface area (Å²) in [6.07, 6.45) is -0.918. The molecule has 0 saturated heterocycles. The summed E-state index contributed by atoms with van der Waals surface area (Å²) in [6, 6.07) is 16.6. The molecule has 1 N–H and O–H groups in total. The Morgan fingerprint density at radius 1 is 1.04 bits per heavy atom. The monoisotopic (exact) mass is 320 g/mol. The van der Waals surface area contributed by atoms with Crippen molar-refractivity contribution in [1.82, 2.24) is 19.7 Å². The molecule has 1 atom stereocenters. The number of aliphatic hydroxyl groups excluding tert-OH is 1. The predicted molar refractivity (Wildman–Crippen MR) is 87.7 cm³/mol. The van der Waals surface area contributed by atoms with E-state index in [-0.39, 0.29) is 5.91 Å². The van der Waals surface area contributed by atoms with E-state index in [0.29, 0.717) is 29.4 Å². The molecular weight excluding hydrogens is 304 g/mol. The van der Waals surface area contributed by atoms with Gasteiger partial charge in [-0.15, -0.1) is 10.2 Å². The number of aromatic nitrogens is 3. The Labute approximate surface area is 139 Å². The largest absolute Gasteiger partial charge is 0.380 e. The molecule has 120 valence electrons. The van der Waals surface area contributed by atoms with E-state index in [1.807, 2.05) is 48.5 Å². The molecule has 1 aliphatic rings. The van der Waals surface area contributed by atoms with E-state index in [9.17, 15) is 9.90 Å². The summed E-state index contributed by atoms with van der Waals surface area (Å²) >= 11 is 0. The van der Waals surface area contributed by atoms with Crippen molar-refractivity contribution in [3.05, 3.63) is 77.4 Å². The van der Waals surface area contributed by atoms with Gasteiger partial charge in [0.15, 0.2) is 11.6 Å².